The summed E-state index contributed by atoms with van der Waals surface area (Å²) in [4.78, 5) is 10.6. The van der Waals surface area contributed by atoms with E-state index in [0.29, 0.717) is 6.42 Å². The van der Waals surface area contributed by atoms with E-state index in [4.69, 9.17) is 5.11 Å². The topological polar surface area (TPSA) is 49.3 Å². The highest BCUT2D eigenvalue weighted by Gasteiger charge is 2.43. The van der Waals surface area contributed by atoms with Crippen LogP contribution in [0.15, 0.2) is 24.3 Å². The van der Waals surface area contributed by atoms with Crippen molar-refractivity contribution in [3.63, 3.8) is 0 Å². The summed E-state index contributed by atoms with van der Waals surface area (Å²) in [5.74, 6) is -1.38. The first-order chi connectivity index (χ1) is 8.39. The van der Waals surface area contributed by atoms with Crippen LogP contribution in [0, 0.1) is 11.8 Å². The summed E-state index contributed by atoms with van der Waals surface area (Å²) in [6, 6.07) is 5.19. The third kappa shape index (κ3) is 2.75. The first kappa shape index (κ1) is 12.7. The Morgan fingerprint density at radius 2 is 2.06 bits per heavy atom. The number of aliphatic carboxylic acids is 1. The summed E-state index contributed by atoms with van der Waals surface area (Å²) in [7, 11) is 0. The maximum absolute atomic E-state index is 12.7. The highest BCUT2D eigenvalue weighted by atomic mass is 19.4. The Kier molecular flexibility index (Phi) is 3.19. The molecule has 0 spiro atoms. The molecule has 1 fully saturated rings. The fraction of sp³-hybridized carbons (Fsp3) is 0.417. The van der Waals surface area contributed by atoms with Crippen molar-refractivity contribution in [3.8, 4) is 0 Å². The summed E-state index contributed by atoms with van der Waals surface area (Å²) in [6.45, 7) is 0.254. The quantitative estimate of drug-likeness (QED) is 0.874. The average Bonchev–Trinajstić information content (AvgIpc) is 3.05. The molecule has 2 atom stereocenters. The van der Waals surface area contributed by atoms with Gasteiger partial charge in [0.25, 0.3) is 0 Å². The molecule has 18 heavy (non-hydrogen) atoms. The number of rotatable bonds is 4. The summed E-state index contributed by atoms with van der Waals surface area (Å²) < 4.78 is 38.0. The van der Waals surface area contributed by atoms with Crippen LogP contribution in [0.25, 0.3) is 0 Å². The molecule has 1 aliphatic rings. The highest BCUT2D eigenvalue weighted by molar-refractivity contribution is 5.73. The maximum atomic E-state index is 12.7. The largest absolute Gasteiger partial charge is 0.481 e. The second-order valence-corrected chi connectivity index (χ2v) is 4.36. The summed E-state index contributed by atoms with van der Waals surface area (Å²) in [6.07, 6.45) is -3.88. The minimum Gasteiger partial charge on any atom is -0.481 e. The number of hydrogen-bond acceptors (Lipinski definition) is 2. The van der Waals surface area contributed by atoms with Crippen LogP contribution in [0.5, 0.6) is 0 Å². The predicted molar refractivity (Wildman–Crippen MR) is 59.2 cm³/mol. The number of carbonyl (C=O) groups is 1. The molecule has 98 valence electrons. The zero-order chi connectivity index (χ0) is 13.3. The summed E-state index contributed by atoms with van der Waals surface area (Å²) in [5, 5.41) is 11.4. The molecule has 0 saturated heterocycles. The number of nitrogens with one attached hydrogen (secondary N) is 1. The maximum Gasteiger partial charge on any atom is 0.418 e. The van der Waals surface area contributed by atoms with Crippen molar-refractivity contribution in [1.82, 2.24) is 0 Å². The van der Waals surface area contributed by atoms with Crippen LogP contribution in [-0.2, 0) is 11.0 Å². The molecular weight excluding hydrogens is 247 g/mol. The number of anilines is 1. The number of halogens is 3. The van der Waals surface area contributed by atoms with Gasteiger partial charge in [0.1, 0.15) is 0 Å². The normalized spacial score (nSPS) is 22.6. The van der Waals surface area contributed by atoms with E-state index in [0.717, 1.165) is 6.07 Å². The van der Waals surface area contributed by atoms with Gasteiger partial charge in [-0.15, -0.1) is 0 Å². The molecule has 2 N–H and O–H groups in total. The standard InChI is InChI=1S/C12H12F3NO2/c13-12(14,15)9-3-1-2-4-10(9)16-6-7-5-8(7)11(17)18/h1-4,7-8,16H,5-6H2,(H,17,18). The number of para-hydroxylation sites is 1. The predicted octanol–water partition coefficient (Wildman–Crippen LogP) is 2.84. The molecule has 1 aliphatic carbocycles. The smallest absolute Gasteiger partial charge is 0.418 e. The first-order valence-electron chi connectivity index (χ1n) is 5.52. The van der Waals surface area contributed by atoms with E-state index >= 15 is 0 Å². The Hall–Kier alpha value is -1.72. The summed E-state index contributed by atoms with van der Waals surface area (Å²) >= 11 is 0. The molecule has 3 nitrogen and oxygen atoms in total. The van der Waals surface area contributed by atoms with Crippen LogP contribution in [-0.4, -0.2) is 17.6 Å². The van der Waals surface area contributed by atoms with Crippen LogP contribution >= 0.6 is 0 Å². The van der Waals surface area contributed by atoms with Crippen molar-refractivity contribution in [2.45, 2.75) is 12.6 Å². The first-order valence-corrected chi connectivity index (χ1v) is 5.52. The van der Waals surface area contributed by atoms with E-state index in [2.05, 4.69) is 5.32 Å². The van der Waals surface area contributed by atoms with E-state index < -0.39 is 23.6 Å². The third-order valence-corrected chi connectivity index (χ3v) is 3.03. The van der Waals surface area contributed by atoms with Gasteiger partial charge in [0, 0.05) is 12.2 Å². The van der Waals surface area contributed by atoms with E-state index in [1.54, 1.807) is 0 Å². The monoisotopic (exact) mass is 259 g/mol. The Labute approximate surface area is 102 Å². The van der Waals surface area contributed by atoms with Gasteiger partial charge < -0.3 is 10.4 Å². The number of carboxylic acid groups (broad SMARTS) is 1. The van der Waals surface area contributed by atoms with E-state index in [1.807, 2.05) is 0 Å². The lowest BCUT2D eigenvalue weighted by Gasteiger charge is -2.14. The molecule has 0 bridgehead atoms. The van der Waals surface area contributed by atoms with Gasteiger partial charge >= 0.3 is 12.1 Å². The SMILES string of the molecule is O=C(O)C1CC1CNc1ccccc1C(F)(F)F. The van der Waals surface area contributed by atoms with Crippen LogP contribution in [0.4, 0.5) is 18.9 Å². The third-order valence-electron chi connectivity index (χ3n) is 3.03. The lowest BCUT2D eigenvalue weighted by Crippen LogP contribution is -2.13. The molecule has 2 rings (SSSR count). The van der Waals surface area contributed by atoms with Gasteiger partial charge in [0.15, 0.2) is 0 Å². The second kappa shape index (κ2) is 4.51. The van der Waals surface area contributed by atoms with Crippen LogP contribution < -0.4 is 5.32 Å². The molecule has 0 radical (unpaired) electrons. The van der Waals surface area contributed by atoms with Crippen molar-refractivity contribution in [1.29, 1.82) is 0 Å². The molecule has 2 unspecified atom stereocenters. The van der Waals surface area contributed by atoms with Gasteiger partial charge in [-0.25, -0.2) is 0 Å². The Morgan fingerprint density at radius 3 is 2.61 bits per heavy atom. The zero-order valence-electron chi connectivity index (χ0n) is 9.37. The summed E-state index contributed by atoms with van der Waals surface area (Å²) in [5.41, 5.74) is -0.724. The minimum absolute atomic E-state index is 0.000962. The molecule has 1 aromatic carbocycles. The van der Waals surface area contributed by atoms with Crippen molar-refractivity contribution >= 4 is 11.7 Å². The molecule has 0 heterocycles. The molecule has 1 aromatic rings. The lowest BCUT2D eigenvalue weighted by molar-refractivity contribution is -0.139. The van der Waals surface area contributed by atoms with Gasteiger partial charge in [-0.05, 0) is 24.5 Å². The van der Waals surface area contributed by atoms with Gasteiger partial charge in [0.05, 0.1) is 11.5 Å². The molecule has 0 aliphatic heterocycles. The fourth-order valence-electron chi connectivity index (χ4n) is 1.90. The Morgan fingerprint density at radius 1 is 1.39 bits per heavy atom. The number of carboxylic acids is 1. The minimum atomic E-state index is -4.40. The average molecular weight is 259 g/mol. The molecule has 6 heteroatoms. The lowest BCUT2D eigenvalue weighted by atomic mass is 10.1. The Balaban J connectivity index is 2.00. The van der Waals surface area contributed by atoms with Gasteiger partial charge in [-0.1, -0.05) is 12.1 Å². The molecule has 0 amide bonds. The van der Waals surface area contributed by atoms with Crippen LogP contribution in [0.2, 0.25) is 0 Å². The number of hydrogen-bond donors (Lipinski definition) is 2. The van der Waals surface area contributed by atoms with Crippen LogP contribution in [0.3, 0.4) is 0 Å². The van der Waals surface area contributed by atoms with Crippen LogP contribution in [0.1, 0.15) is 12.0 Å². The molecule has 0 aromatic heterocycles. The zero-order valence-corrected chi connectivity index (χ0v) is 9.37. The number of benzene rings is 1. The van der Waals surface area contributed by atoms with Gasteiger partial charge in [-0.3, -0.25) is 4.79 Å². The second-order valence-electron chi connectivity index (χ2n) is 4.36. The van der Waals surface area contributed by atoms with E-state index in [1.165, 1.54) is 18.2 Å². The van der Waals surface area contributed by atoms with Crippen molar-refractivity contribution in [3.05, 3.63) is 29.8 Å². The molecular formula is C12H12F3NO2. The Bertz CT molecular complexity index is 459. The van der Waals surface area contributed by atoms with Crippen molar-refractivity contribution < 1.29 is 23.1 Å². The number of alkyl halides is 3. The van der Waals surface area contributed by atoms with Crippen molar-refractivity contribution in [2.24, 2.45) is 11.8 Å². The van der Waals surface area contributed by atoms with E-state index in [9.17, 15) is 18.0 Å². The van der Waals surface area contributed by atoms with E-state index in [-0.39, 0.29) is 18.2 Å². The highest BCUT2D eigenvalue weighted by Crippen LogP contribution is 2.40. The van der Waals surface area contributed by atoms with Gasteiger partial charge in [0.2, 0.25) is 0 Å². The fourth-order valence-corrected chi connectivity index (χ4v) is 1.90. The van der Waals surface area contributed by atoms with Gasteiger partial charge in [-0.2, -0.15) is 13.2 Å². The van der Waals surface area contributed by atoms with Crippen molar-refractivity contribution in [2.75, 3.05) is 11.9 Å². The molecule has 1 saturated carbocycles.